The predicted molar refractivity (Wildman–Crippen MR) is 87.5 cm³/mol. The molecule has 1 aromatic heterocycles. The molecule has 2 aromatic rings. The SMILES string of the molecule is C[C@@H]1C[C@@H](CCN(C)C(=O)c2ccco2)c2cc(Cl)ccc21. The number of nitrogens with zero attached hydrogens (tertiary/aromatic N) is 1. The lowest BCUT2D eigenvalue weighted by molar-refractivity contribution is 0.0759. The van der Waals surface area contributed by atoms with Crippen LogP contribution < -0.4 is 0 Å². The molecule has 0 aliphatic heterocycles. The van der Waals surface area contributed by atoms with Crippen molar-refractivity contribution in [2.75, 3.05) is 13.6 Å². The summed E-state index contributed by atoms with van der Waals surface area (Å²) >= 11 is 6.14. The Bertz CT molecular complexity index is 666. The van der Waals surface area contributed by atoms with Crippen molar-refractivity contribution in [3.05, 3.63) is 58.5 Å². The van der Waals surface area contributed by atoms with E-state index in [1.807, 2.05) is 13.1 Å². The second-order valence-electron chi connectivity index (χ2n) is 6.10. The lowest BCUT2D eigenvalue weighted by atomic mass is 9.97. The molecule has 0 spiro atoms. The van der Waals surface area contributed by atoms with E-state index in [1.165, 1.54) is 17.4 Å². The third-order valence-corrected chi connectivity index (χ3v) is 4.78. The minimum Gasteiger partial charge on any atom is -0.459 e. The number of benzene rings is 1. The maximum atomic E-state index is 12.2. The van der Waals surface area contributed by atoms with Gasteiger partial charge >= 0.3 is 0 Å². The Hall–Kier alpha value is -1.74. The van der Waals surface area contributed by atoms with Crippen LogP contribution >= 0.6 is 11.6 Å². The summed E-state index contributed by atoms with van der Waals surface area (Å²) in [6.45, 7) is 2.97. The molecule has 1 aromatic carbocycles. The van der Waals surface area contributed by atoms with Gasteiger partial charge < -0.3 is 9.32 Å². The number of amides is 1. The van der Waals surface area contributed by atoms with Crippen LogP contribution in [0.15, 0.2) is 41.0 Å². The molecule has 3 nitrogen and oxygen atoms in total. The lowest BCUT2D eigenvalue weighted by Gasteiger charge is -2.19. The van der Waals surface area contributed by atoms with Gasteiger partial charge in [-0.1, -0.05) is 24.6 Å². The van der Waals surface area contributed by atoms with Crippen molar-refractivity contribution in [2.24, 2.45) is 0 Å². The zero-order chi connectivity index (χ0) is 15.7. The first-order valence-electron chi connectivity index (χ1n) is 7.64. The molecule has 0 radical (unpaired) electrons. The quantitative estimate of drug-likeness (QED) is 0.820. The van der Waals surface area contributed by atoms with Gasteiger partial charge in [0.1, 0.15) is 0 Å². The molecule has 2 atom stereocenters. The van der Waals surface area contributed by atoms with Crippen LogP contribution in [0, 0.1) is 0 Å². The standard InChI is InChI=1S/C18H20ClNO2/c1-12-10-13(16-11-14(19)5-6-15(12)16)7-8-20(2)18(21)17-4-3-9-22-17/h3-6,9,11-13H,7-8,10H2,1-2H3/t12-,13-/m1/s1. The predicted octanol–water partition coefficient (Wildman–Crippen LogP) is 4.69. The molecule has 0 saturated heterocycles. The van der Waals surface area contributed by atoms with E-state index >= 15 is 0 Å². The third-order valence-electron chi connectivity index (χ3n) is 4.55. The summed E-state index contributed by atoms with van der Waals surface area (Å²) in [5.74, 6) is 1.35. The molecule has 1 amide bonds. The van der Waals surface area contributed by atoms with Crippen LogP contribution in [0.1, 0.15) is 53.3 Å². The van der Waals surface area contributed by atoms with E-state index in [1.54, 1.807) is 17.0 Å². The Kier molecular flexibility index (Phi) is 4.25. The summed E-state index contributed by atoms with van der Waals surface area (Å²) in [6, 6.07) is 9.62. The normalized spacial score (nSPS) is 20.0. The second-order valence-corrected chi connectivity index (χ2v) is 6.54. The maximum Gasteiger partial charge on any atom is 0.289 e. The Morgan fingerprint density at radius 1 is 1.36 bits per heavy atom. The fraction of sp³-hybridized carbons (Fsp3) is 0.389. The maximum absolute atomic E-state index is 12.2. The van der Waals surface area contributed by atoms with Crippen molar-refractivity contribution >= 4 is 17.5 Å². The molecular formula is C18H20ClNO2. The number of furan rings is 1. The first-order valence-corrected chi connectivity index (χ1v) is 8.02. The van der Waals surface area contributed by atoms with Crippen LogP contribution in [0.2, 0.25) is 5.02 Å². The smallest absolute Gasteiger partial charge is 0.289 e. The van der Waals surface area contributed by atoms with Gasteiger partial charge in [0.2, 0.25) is 0 Å². The summed E-state index contributed by atoms with van der Waals surface area (Å²) in [5, 5.41) is 0.790. The molecule has 22 heavy (non-hydrogen) atoms. The topological polar surface area (TPSA) is 33.5 Å². The molecule has 3 rings (SSSR count). The lowest BCUT2D eigenvalue weighted by Crippen LogP contribution is -2.28. The van der Waals surface area contributed by atoms with Gasteiger partial charge in [-0.2, -0.15) is 0 Å². The fourth-order valence-electron chi connectivity index (χ4n) is 3.34. The van der Waals surface area contributed by atoms with Gasteiger partial charge in [0.15, 0.2) is 5.76 Å². The van der Waals surface area contributed by atoms with E-state index in [0.717, 1.165) is 17.9 Å². The Labute approximate surface area is 135 Å². The number of fused-ring (bicyclic) bond motifs is 1. The minimum absolute atomic E-state index is 0.0673. The highest BCUT2D eigenvalue weighted by molar-refractivity contribution is 6.30. The van der Waals surface area contributed by atoms with Gasteiger partial charge in [0, 0.05) is 18.6 Å². The molecule has 0 saturated carbocycles. The zero-order valence-electron chi connectivity index (χ0n) is 12.9. The van der Waals surface area contributed by atoms with Crippen LogP contribution in [0.4, 0.5) is 0 Å². The van der Waals surface area contributed by atoms with Gasteiger partial charge in [-0.3, -0.25) is 4.79 Å². The van der Waals surface area contributed by atoms with Gasteiger partial charge in [0.05, 0.1) is 6.26 Å². The first kappa shape index (κ1) is 15.2. The highest BCUT2D eigenvalue weighted by Crippen LogP contribution is 2.44. The summed E-state index contributed by atoms with van der Waals surface area (Å²) in [6.07, 6.45) is 3.59. The van der Waals surface area contributed by atoms with E-state index in [-0.39, 0.29) is 5.91 Å². The number of carbonyl (C=O) groups is 1. The Morgan fingerprint density at radius 2 is 2.18 bits per heavy atom. The van der Waals surface area contributed by atoms with Crippen molar-refractivity contribution in [2.45, 2.75) is 31.6 Å². The molecule has 1 aliphatic carbocycles. The molecule has 0 bridgehead atoms. The molecule has 4 heteroatoms. The van der Waals surface area contributed by atoms with Crippen molar-refractivity contribution in [1.29, 1.82) is 0 Å². The fourth-order valence-corrected chi connectivity index (χ4v) is 3.52. The zero-order valence-corrected chi connectivity index (χ0v) is 13.6. The first-order chi connectivity index (χ1) is 10.6. The van der Waals surface area contributed by atoms with Gasteiger partial charge in [-0.15, -0.1) is 0 Å². The van der Waals surface area contributed by atoms with E-state index in [9.17, 15) is 4.79 Å². The van der Waals surface area contributed by atoms with Gasteiger partial charge in [-0.25, -0.2) is 0 Å². The monoisotopic (exact) mass is 317 g/mol. The molecular weight excluding hydrogens is 298 g/mol. The van der Waals surface area contributed by atoms with Crippen molar-refractivity contribution in [3.63, 3.8) is 0 Å². The number of hydrogen-bond acceptors (Lipinski definition) is 2. The van der Waals surface area contributed by atoms with Gasteiger partial charge in [-0.05, 0) is 60.1 Å². The number of halogens is 1. The molecule has 1 aliphatic rings. The van der Waals surface area contributed by atoms with Crippen LogP contribution in [-0.2, 0) is 0 Å². The van der Waals surface area contributed by atoms with Crippen molar-refractivity contribution in [1.82, 2.24) is 4.90 Å². The number of carbonyl (C=O) groups excluding carboxylic acids is 1. The van der Waals surface area contributed by atoms with E-state index in [0.29, 0.717) is 24.1 Å². The second kappa shape index (κ2) is 6.17. The van der Waals surface area contributed by atoms with E-state index in [2.05, 4.69) is 19.1 Å². The van der Waals surface area contributed by atoms with E-state index < -0.39 is 0 Å². The van der Waals surface area contributed by atoms with Crippen LogP contribution in [0.25, 0.3) is 0 Å². The largest absolute Gasteiger partial charge is 0.459 e. The minimum atomic E-state index is -0.0673. The van der Waals surface area contributed by atoms with Crippen molar-refractivity contribution < 1.29 is 9.21 Å². The molecule has 0 unspecified atom stereocenters. The number of hydrogen-bond donors (Lipinski definition) is 0. The average Bonchev–Trinajstić information content (AvgIpc) is 3.13. The van der Waals surface area contributed by atoms with E-state index in [4.69, 9.17) is 16.0 Å². The molecule has 0 fully saturated rings. The third kappa shape index (κ3) is 2.91. The van der Waals surface area contributed by atoms with Crippen LogP contribution in [0.5, 0.6) is 0 Å². The molecule has 116 valence electrons. The summed E-state index contributed by atoms with van der Waals surface area (Å²) < 4.78 is 5.17. The average molecular weight is 318 g/mol. The van der Waals surface area contributed by atoms with Crippen LogP contribution in [0.3, 0.4) is 0 Å². The molecule has 0 N–H and O–H groups in total. The Morgan fingerprint density at radius 3 is 2.91 bits per heavy atom. The van der Waals surface area contributed by atoms with Crippen molar-refractivity contribution in [3.8, 4) is 0 Å². The highest BCUT2D eigenvalue weighted by atomic mass is 35.5. The highest BCUT2D eigenvalue weighted by Gasteiger charge is 2.28. The van der Waals surface area contributed by atoms with Gasteiger partial charge in [0.25, 0.3) is 5.91 Å². The molecule has 1 heterocycles. The summed E-state index contributed by atoms with van der Waals surface area (Å²) in [4.78, 5) is 13.9. The van der Waals surface area contributed by atoms with Crippen LogP contribution in [-0.4, -0.2) is 24.4 Å². The number of rotatable bonds is 4. The summed E-state index contributed by atoms with van der Waals surface area (Å²) in [5.41, 5.74) is 2.74. The summed E-state index contributed by atoms with van der Waals surface area (Å²) in [7, 11) is 1.82. The Balaban J connectivity index is 1.66.